The van der Waals surface area contributed by atoms with Gasteiger partial charge in [0.15, 0.2) is 0 Å². The van der Waals surface area contributed by atoms with E-state index in [1.54, 1.807) is 0 Å². The Kier molecular flexibility index (Phi) is 3.11. The molecule has 2 aromatic rings. The van der Waals surface area contributed by atoms with Crippen LogP contribution in [0.4, 0.5) is 5.69 Å². The minimum atomic E-state index is -0.0942. The molecule has 1 saturated heterocycles. The van der Waals surface area contributed by atoms with E-state index >= 15 is 0 Å². The zero-order valence-electron chi connectivity index (χ0n) is 11.0. The number of ether oxygens (including phenoxy) is 1. The summed E-state index contributed by atoms with van der Waals surface area (Å²) in [5, 5.41) is 2.48. The summed E-state index contributed by atoms with van der Waals surface area (Å²) < 4.78 is 4.82. The van der Waals surface area contributed by atoms with E-state index < -0.39 is 0 Å². The van der Waals surface area contributed by atoms with Gasteiger partial charge in [0.2, 0.25) is 0 Å². The summed E-state index contributed by atoms with van der Waals surface area (Å²) in [6.45, 7) is 1.67. The molecule has 2 aromatic carbocycles. The van der Waals surface area contributed by atoms with Crippen molar-refractivity contribution in [1.29, 1.82) is 0 Å². The molecule has 0 aliphatic carbocycles. The number of rotatable bonds is 2. The molecule has 0 bridgehead atoms. The van der Waals surface area contributed by atoms with Crippen LogP contribution >= 0.6 is 0 Å². The largest absolute Gasteiger partial charge is 0.469 e. The molecule has 19 heavy (non-hydrogen) atoms. The molecule has 1 heterocycles. The SMILES string of the molecule is COC(=O)[C@@H]1CCN(c2ccc3ccccc3c2)C1. The molecule has 0 radical (unpaired) electrons. The van der Waals surface area contributed by atoms with Crippen LogP contribution in [0.15, 0.2) is 42.5 Å². The zero-order valence-corrected chi connectivity index (χ0v) is 11.0. The number of hydrogen-bond donors (Lipinski definition) is 0. The van der Waals surface area contributed by atoms with Crippen LogP contribution in [0.3, 0.4) is 0 Å². The van der Waals surface area contributed by atoms with E-state index in [0.717, 1.165) is 19.5 Å². The first-order valence-electron chi connectivity index (χ1n) is 6.59. The van der Waals surface area contributed by atoms with Gasteiger partial charge >= 0.3 is 5.97 Å². The van der Waals surface area contributed by atoms with Gasteiger partial charge in [0, 0.05) is 18.8 Å². The van der Waals surface area contributed by atoms with Crippen molar-refractivity contribution in [1.82, 2.24) is 0 Å². The van der Waals surface area contributed by atoms with E-state index in [0.29, 0.717) is 0 Å². The van der Waals surface area contributed by atoms with E-state index in [2.05, 4.69) is 35.2 Å². The van der Waals surface area contributed by atoms with Crippen LogP contribution in [0.5, 0.6) is 0 Å². The molecule has 0 unspecified atom stereocenters. The predicted octanol–water partition coefficient (Wildman–Crippen LogP) is 2.84. The van der Waals surface area contributed by atoms with Gasteiger partial charge in [0.25, 0.3) is 0 Å². The number of benzene rings is 2. The average molecular weight is 255 g/mol. The first-order valence-corrected chi connectivity index (χ1v) is 6.59. The summed E-state index contributed by atoms with van der Waals surface area (Å²) in [4.78, 5) is 13.8. The highest BCUT2D eigenvalue weighted by molar-refractivity contribution is 5.86. The fourth-order valence-electron chi connectivity index (χ4n) is 2.73. The molecule has 0 saturated carbocycles. The van der Waals surface area contributed by atoms with Gasteiger partial charge in [-0.25, -0.2) is 0 Å². The zero-order chi connectivity index (χ0) is 13.2. The smallest absolute Gasteiger partial charge is 0.310 e. The standard InChI is InChI=1S/C16H17NO2/c1-19-16(18)14-8-9-17(11-14)15-7-6-12-4-2-3-5-13(12)10-15/h2-7,10,14H,8-9,11H2,1H3/t14-/m1/s1. The molecule has 0 N–H and O–H groups in total. The van der Waals surface area contributed by atoms with Crippen LogP contribution in [-0.2, 0) is 9.53 Å². The normalized spacial score (nSPS) is 18.8. The van der Waals surface area contributed by atoms with Crippen LogP contribution in [0.25, 0.3) is 10.8 Å². The lowest BCUT2D eigenvalue weighted by Gasteiger charge is -2.18. The van der Waals surface area contributed by atoms with E-state index in [1.165, 1.54) is 23.6 Å². The summed E-state index contributed by atoms with van der Waals surface area (Å²) in [6, 6.07) is 14.8. The van der Waals surface area contributed by atoms with Gasteiger partial charge in [-0.05, 0) is 29.3 Å². The number of carbonyl (C=O) groups is 1. The van der Waals surface area contributed by atoms with Crippen molar-refractivity contribution in [3.63, 3.8) is 0 Å². The van der Waals surface area contributed by atoms with Crippen molar-refractivity contribution in [2.24, 2.45) is 5.92 Å². The van der Waals surface area contributed by atoms with E-state index in [4.69, 9.17) is 4.74 Å². The second-order valence-electron chi connectivity index (χ2n) is 4.99. The molecule has 0 aromatic heterocycles. The Morgan fingerprint density at radius 1 is 1.21 bits per heavy atom. The maximum atomic E-state index is 11.6. The molecule has 1 aliphatic heterocycles. The molecule has 1 fully saturated rings. The molecule has 98 valence electrons. The number of esters is 1. The Labute approximate surface area is 112 Å². The molecule has 3 heteroatoms. The summed E-state index contributed by atoms with van der Waals surface area (Å²) in [5.74, 6) is -0.0836. The van der Waals surface area contributed by atoms with E-state index in [9.17, 15) is 4.79 Å². The molecule has 1 aliphatic rings. The second-order valence-corrected chi connectivity index (χ2v) is 4.99. The van der Waals surface area contributed by atoms with Gasteiger partial charge in [-0.15, -0.1) is 0 Å². The lowest BCUT2D eigenvalue weighted by molar-refractivity contribution is -0.144. The maximum absolute atomic E-state index is 11.6. The third-order valence-electron chi connectivity index (χ3n) is 3.82. The minimum Gasteiger partial charge on any atom is -0.469 e. The number of fused-ring (bicyclic) bond motifs is 1. The fourth-order valence-corrected chi connectivity index (χ4v) is 2.73. The molecule has 0 amide bonds. The lowest BCUT2D eigenvalue weighted by atomic mass is 10.1. The molecule has 3 rings (SSSR count). The van der Waals surface area contributed by atoms with Crippen LogP contribution in [0.1, 0.15) is 6.42 Å². The minimum absolute atomic E-state index is 0.0106. The van der Waals surface area contributed by atoms with Gasteiger partial charge in [0.05, 0.1) is 13.0 Å². The summed E-state index contributed by atoms with van der Waals surface area (Å²) >= 11 is 0. The average Bonchev–Trinajstić information content (AvgIpc) is 2.95. The predicted molar refractivity (Wildman–Crippen MR) is 76.3 cm³/mol. The van der Waals surface area contributed by atoms with Crippen molar-refractivity contribution in [2.45, 2.75) is 6.42 Å². The molecule has 3 nitrogen and oxygen atoms in total. The first kappa shape index (κ1) is 12.0. The summed E-state index contributed by atoms with van der Waals surface area (Å²) in [5.41, 5.74) is 1.19. The quantitative estimate of drug-likeness (QED) is 0.773. The van der Waals surface area contributed by atoms with Crippen LogP contribution in [0.2, 0.25) is 0 Å². The van der Waals surface area contributed by atoms with Crippen molar-refractivity contribution in [2.75, 3.05) is 25.1 Å². The number of hydrogen-bond acceptors (Lipinski definition) is 3. The van der Waals surface area contributed by atoms with Gasteiger partial charge in [-0.2, -0.15) is 0 Å². The highest BCUT2D eigenvalue weighted by Crippen LogP contribution is 2.27. The monoisotopic (exact) mass is 255 g/mol. The number of anilines is 1. The maximum Gasteiger partial charge on any atom is 0.310 e. The van der Waals surface area contributed by atoms with Crippen LogP contribution in [0, 0.1) is 5.92 Å². The number of carbonyl (C=O) groups excluding carboxylic acids is 1. The van der Waals surface area contributed by atoms with Gasteiger partial charge in [-0.1, -0.05) is 30.3 Å². The molecular formula is C16H17NO2. The number of nitrogens with zero attached hydrogens (tertiary/aromatic N) is 1. The van der Waals surface area contributed by atoms with Gasteiger partial charge in [0.1, 0.15) is 0 Å². The van der Waals surface area contributed by atoms with E-state index in [1.807, 2.05) is 12.1 Å². The molecular weight excluding hydrogens is 238 g/mol. The molecule has 1 atom stereocenters. The van der Waals surface area contributed by atoms with Crippen LogP contribution < -0.4 is 4.90 Å². The third kappa shape index (κ3) is 2.28. The van der Waals surface area contributed by atoms with Crippen molar-refractivity contribution in [3.05, 3.63) is 42.5 Å². The third-order valence-corrected chi connectivity index (χ3v) is 3.82. The lowest BCUT2D eigenvalue weighted by Crippen LogP contribution is -2.23. The Balaban J connectivity index is 1.83. The fraction of sp³-hybridized carbons (Fsp3) is 0.312. The van der Waals surface area contributed by atoms with E-state index in [-0.39, 0.29) is 11.9 Å². The Hall–Kier alpha value is -2.03. The van der Waals surface area contributed by atoms with Crippen molar-refractivity contribution >= 4 is 22.4 Å². The first-order chi connectivity index (χ1) is 9.28. The van der Waals surface area contributed by atoms with Crippen LogP contribution in [-0.4, -0.2) is 26.2 Å². The molecule has 0 spiro atoms. The topological polar surface area (TPSA) is 29.5 Å². The summed E-state index contributed by atoms with van der Waals surface area (Å²) in [6.07, 6.45) is 0.875. The van der Waals surface area contributed by atoms with Gasteiger partial charge < -0.3 is 9.64 Å². The number of methoxy groups -OCH3 is 1. The van der Waals surface area contributed by atoms with Crippen molar-refractivity contribution in [3.8, 4) is 0 Å². The highest BCUT2D eigenvalue weighted by atomic mass is 16.5. The Morgan fingerprint density at radius 3 is 2.79 bits per heavy atom. The second kappa shape index (κ2) is 4.92. The Morgan fingerprint density at radius 2 is 2.00 bits per heavy atom. The summed E-state index contributed by atoms with van der Waals surface area (Å²) in [7, 11) is 1.46. The highest BCUT2D eigenvalue weighted by Gasteiger charge is 2.29. The van der Waals surface area contributed by atoms with Gasteiger partial charge in [-0.3, -0.25) is 4.79 Å². The Bertz CT molecular complexity index is 608. The van der Waals surface area contributed by atoms with Crippen molar-refractivity contribution < 1.29 is 9.53 Å².